The van der Waals surface area contributed by atoms with Gasteiger partial charge < -0.3 is 15.0 Å². The minimum absolute atomic E-state index is 0.0411. The van der Waals surface area contributed by atoms with Crippen LogP contribution in [0.5, 0.6) is 5.75 Å². The summed E-state index contributed by atoms with van der Waals surface area (Å²) < 4.78 is 5.90. The van der Waals surface area contributed by atoms with Gasteiger partial charge in [-0.1, -0.05) is 12.1 Å². The lowest BCUT2D eigenvalue weighted by molar-refractivity contribution is 0.138. The van der Waals surface area contributed by atoms with Gasteiger partial charge in [0, 0.05) is 13.0 Å². The zero-order chi connectivity index (χ0) is 14.6. The molecule has 1 aromatic carbocycles. The largest absolute Gasteiger partial charge is 0.487 e. The van der Waals surface area contributed by atoms with Crippen LogP contribution in [0.25, 0.3) is 0 Å². The summed E-state index contributed by atoms with van der Waals surface area (Å²) in [5.41, 5.74) is 2.67. The Balaban J connectivity index is 1.73. The molecule has 0 aliphatic carbocycles. The highest BCUT2D eigenvalue weighted by Gasteiger charge is 2.29. The van der Waals surface area contributed by atoms with Gasteiger partial charge in [0.25, 0.3) is 0 Å². The molecule has 0 aromatic heterocycles. The van der Waals surface area contributed by atoms with Crippen molar-refractivity contribution >= 4 is 0 Å². The Bertz CT molecular complexity index is 441. The molecule has 0 spiro atoms. The number of hydrogen-bond acceptors (Lipinski definition) is 3. The number of rotatable bonds is 7. The van der Waals surface area contributed by atoms with Crippen LogP contribution in [0.3, 0.4) is 0 Å². The van der Waals surface area contributed by atoms with Crippen molar-refractivity contribution in [3.05, 3.63) is 29.3 Å². The Morgan fingerprint density at radius 2 is 2.05 bits per heavy atom. The Labute approximate surface area is 123 Å². The zero-order valence-corrected chi connectivity index (χ0v) is 13.3. The maximum absolute atomic E-state index is 5.90. The zero-order valence-electron chi connectivity index (χ0n) is 13.3. The van der Waals surface area contributed by atoms with E-state index in [1.165, 1.54) is 30.5 Å². The lowest BCUT2D eigenvalue weighted by atomic mass is 10.0. The minimum atomic E-state index is -0.0411. The molecule has 1 aliphatic rings. The van der Waals surface area contributed by atoms with Gasteiger partial charge in [-0.15, -0.1) is 0 Å². The smallest absolute Gasteiger partial charge is 0.123 e. The fraction of sp³-hybridized carbons (Fsp3) is 0.647. The number of unbranched alkanes of at least 4 members (excludes halogenated alkanes) is 1. The third kappa shape index (κ3) is 4.50. The molecule has 3 nitrogen and oxygen atoms in total. The fourth-order valence-corrected chi connectivity index (χ4v) is 2.68. The van der Waals surface area contributed by atoms with Gasteiger partial charge in [-0.3, -0.25) is 0 Å². The molecular formula is C17H28N2O. The first kappa shape index (κ1) is 15.3. The van der Waals surface area contributed by atoms with Gasteiger partial charge in [0.1, 0.15) is 11.4 Å². The average Bonchev–Trinajstić information content (AvgIpc) is 2.66. The lowest BCUT2D eigenvalue weighted by Crippen LogP contribution is -2.24. The maximum Gasteiger partial charge on any atom is 0.123 e. The fourth-order valence-electron chi connectivity index (χ4n) is 2.68. The average molecular weight is 276 g/mol. The molecule has 0 atom stereocenters. The second-order valence-corrected chi connectivity index (χ2v) is 6.67. The van der Waals surface area contributed by atoms with Gasteiger partial charge in [0.05, 0.1) is 0 Å². The number of nitrogens with one attached hydrogen (secondary N) is 1. The molecule has 112 valence electrons. The molecule has 20 heavy (non-hydrogen) atoms. The first-order chi connectivity index (χ1) is 9.46. The molecule has 3 heteroatoms. The molecule has 0 radical (unpaired) electrons. The molecule has 1 heterocycles. The highest BCUT2D eigenvalue weighted by atomic mass is 16.5. The van der Waals surface area contributed by atoms with Crippen molar-refractivity contribution in [1.29, 1.82) is 0 Å². The maximum atomic E-state index is 5.90. The van der Waals surface area contributed by atoms with E-state index in [-0.39, 0.29) is 5.60 Å². The summed E-state index contributed by atoms with van der Waals surface area (Å²) in [4.78, 5) is 2.24. The monoisotopic (exact) mass is 276 g/mol. The number of ether oxygens (including phenoxy) is 1. The summed E-state index contributed by atoms with van der Waals surface area (Å²) in [6.07, 6.45) is 3.50. The molecule has 0 fully saturated rings. The van der Waals surface area contributed by atoms with Crippen LogP contribution in [0.1, 0.15) is 37.8 Å². The first-order valence-electron chi connectivity index (χ1n) is 7.62. The second kappa shape index (κ2) is 6.59. The number of hydrogen-bond donors (Lipinski definition) is 1. The van der Waals surface area contributed by atoms with Crippen LogP contribution in [-0.2, 0) is 13.0 Å². The second-order valence-electron chi connectivity index (χ2n) is 6.67. The summed E-state index contributed by atoms with van der Waals surface area (Å²) in [7, 11) is 4.25. The van der Waals surface area contributed by atoms with Gasteiger partial charge >= 0.3 is 0 Å². The molecule has 2 rings (SSSR count). The van der Waals surface area contributed by atoms with E-state index >= 15 is 0 Å². The summed E-state index contributed by atoms with van der Waals surface area (Å²) in [5, 5.41) is 3.53. The van der Waals surface area contributed by atoms with Crippen molar-refractivity contribution in [3.8, 4) is 5.75 Å². The van der Waals surface area contributed by atoms with E-state index < -0.39 is 0 Å². The summed E-state index contributed by atoms with van der Waals surface area (Å²) >= 11 is 0. The van der Waals surface area contributed by atoms with Crippen LogP contribution >= 0.6 is 0 Å². The van der Waals surface area contributed by atoms with Crippen molar-refractivity contribution in [2.75, 3.05) is 27.2 Å². The predicted octanol–water partition coefficient (Wildman–Crippen LogP) is 2.83. The standard InChI is InChI=1S/C17H28N2O/c1-17(2)12-15-11-14(7-8-16(15)20-17)13-18-9-5-6-10-19(3)4/h7-8,11,18H,5-6,9-10,12-13H2,1-4H3. The van der Waals surface area contributed by atoms with Crippen LogP contribution in [-0.4, -0.2) is 37.7 Å². The van der Waals surface area contributed by atoms with Gasteiger partial charge in [0.2, 0.25) is 0 Å². The van der Waals surface area contributed by atoms with E-state index in [4.69, 9.17) is 4.74 Å². The molecule has 0 saturated heterocycles. The van der Waals surface area contributed by atoms with E-state index in [0.29, 0.717) is 0 Å². The van der Waals surface area contributed by atoms with Gasteiger partial charge in [0.15, 0.2) is 0 Å². The molecule has 0 unspecified atom stereocenters. The van der Waals surface area contributed by atoms with Crippen LogP contribution < -0.4 is 10.1 Å². The highest BCUT2D eigenvalue weighted by Crippen LogP contribution is 2.35. The Morgan fingerprint density at radius 1 is 1.25 bits per heavy atom. The first-order valence-corrected chi connectivity index (χ1v) is 7.62. The highest BCUT2D eigenvalue weighted by molar-refractivity contribution is 5.41. The molecular weight excluding hydrogens is 248 g/mol. The van der Waals surface area contributed by atoms with Gasteiger partial charge in [-0.2, -0.15) is 0 Å². The number of nitrogens with zero attached hydrogens (tertiary/aromatic N) is 1. The van der Waals surface area contributed by atoms with E-state index in [9.17, 15) is 0 Å². The van der Waals surface area contributed by atoms with Crippen LogP contribution in [0.4, 0.5) is 0 Å². The van der Waals surface area contributed by atoms with Crippen LogP contribution in [0.2, 0.25) is 0 Å². The number of fused-ring (bicyclic) bond motifs is 1. The van der Waals surface area contributed by atoms with E-state index in [0.717, 1.165) is 25.3 Å². The normalized spacial score (nSPS) is 16.2. The Morgan fingerprint density at radius 3 is 2.80 bits per heavy atom. The molecule has 1 N–H and O–H groups in total. The van der Waals surface area contributed by atoms with Gasteiger partial charge in [-0.25, -0.2) is 0 Å². The third-order valence-electron chi connectivity index (χ3n) is 3.67. The Hall–Kier alpha value is -1.06. The van der Waals surface area contributed by atoms with Crippen molar-refractivity contribution in [2.45, 2.75) is 45.3 Å². The lowest BCUT2D eigenvalue weighted by Gasteiger charge is -2.16. The van der Waals surface area contributed by atoms with Crippen LogP contribution in [0.15, 0.2) is 18.2 Å². The van der Waals surface area contributed by atoms with Crippen LogP contribution in [0, 0.1) is 0 Å². The van der Waals surface area contributed by atoms with E-state index in [2.05, 4.69) is 56.4 Å². The van der Waals surface area contributed by atoms with Crippen molar-refractivity contribution in [1.82, 2.24) is 10.2 Å². The third-order valence-corrected chi connectivity index (χ3v) is 3.67. The van der Waals surface area contributed by atoms with Crippen molar-refractivity contribution in [3.63, 3.8) is 0 Å². The van der Waals surface area contributed by atoms with Crippen molar-refractivity contribution < 1.29 is 4.74 Å². The molecule has 1 aliphatic heterocycles. The van der Waals surface area contributed by atoms with Gasteiger partial charge in [-0.05, 0) is 71.1 Å². The summed E-state index contributed by atoms with van der Waals surface area (Å²) in [6, 6.07) is 6.58. The number of benzene rings is 1. The van der Waals surface area contributed by atoms with Crippen molar-refractivity contribution in [2.24, 2.45) is 0 Å². The predicted molar refractivity (Wildman–Crippen MR) is 84.3 cm³/mol. The van der Waals surface area contributed by atoms with E-state index in [1.807, 2.05) is 0 Å². The minimum Gasteiger partial charge on any atom is -0.487 e. The topological polar surface area (TPSA) is 24.5 Å². The molecule has 0 bridgehead atoms. The molecule has 1 aromatic rings. The summed E-state index contributed by atoms with van der Waals surface area (Å²) in [6.45, 7) is 7.51. The molecule has 0 saturated carbocycles. The summed E-state index contributed by atoms with van der Waals surface area (Å²) in [5.74, 6) is 1.06. The SMILES string of the molecule is CN(C)CCCCNCc1ccc2c(c1)CC(C)(C)O2. The quantitative estimate of drug-likeness (QED) is 0.775. The molecule has 0 amide bonds. The van der Waals surface area contributed by atoms with E-state index in [1.54, 1.807) is 0 Å². The Kier molecular flexibility index (Phi) is 5.06.